The van der Waals surface area contributed by atoms with E-state index in [2.05, 4.69) is 10.5 Å². The van der Waals surface area contributed by atoms with Crippen molar-refractivity contribution in [3.63, 3.8) is 0 Å². The first kappa shape index (κ1) is 15.5. The van der Waals surface area contributed by atoms with Gasteiger partial charge in [-0.2, -0.15) is 5.10 Å². The normalized spacial score (nSPS) is 17.7. The number of halogens is 1. The van der Waals surface area contributed by atoms with E-state index in [0.29, 0.717) is 18.0 Å². The summed E-state index contributed by atoms with van der Waals surface area (Å²) in [5, 5.41) is 4.03. The molecule has 2 aromatic carbocycles. The predicted octanol–water partition coefficient (Wildman–Crippen LogP) is 2.72. The molecule has 1 aliphatic heterocycles. The van der Waals surface area contributed by atoms with Crippen LogP contribution >= 0.6 is 0 Å². The molecule has 1 heterocycles. The third-order valence-corrected chi connectivity index (χ3v) is 4.39. The summed E-state index contributed by atoms with van der Waals surface area (Å²) in [5.41, 5.74) is 4.24. The number of anilines is 1. The average molecular weight is 337 g/mol. The van der Waals surface area contributed by atoms with Crippen molar-refractivity contribution in [2.75, 3.05) is 11.4 Å². The lowest BCUT2D eigenvalue weighted by atomic mass is 10.1. The van der Waals surface area contributed by atoms with E-state index in [0.717, 1.165) is 24.6 Å². The van der Waals surface area contributed by atoms with Crippen molar-refractivity contribution in [3.8, 4) is 0 Å². The van der Waals surface area contributed by atoms with Gasteiger partial charge in [-0.05, 0) is 43.0 Å². The largest absolute Gasteiger partial charge is 0.306 e. The SMILES string of the molecule is O=C(N/N=C1/C(=O)N(CC2CC2)c2ccccc21)c1cccc(F)c1. The minimum Gasteiger partial charge on any atom is -0.306 e. The minimum atomic E-state index is -0.557. The molecule has 0 bridgehead atoms. The Morgan fingerprint density at radius 1 is 1.20 bits per heavy atom. The summed E-state index contributed by atoms with van der Waals surface area (Å²) in [6.45, 7) is 0.673. The van der Waals surface area contributed by atoms with E-state index < -0.39 is 11.7 Å². The molecule has 2 aliphatic rings. The topological polar surface area (TPSA) is 61.8 Å². The van der Waals surface area contributed by atoms with Crippen molar-refractivity contribution in [2.24, 2.45) is 11.0 Å². The van der Waals surface area contributed by atoms with E-state index in [-0.39, 0.29) is 17.2 Å². The van der Waals surface area contributed by atoms with Crippen LogP contribution in [0, 0.1) is 11.7 Å². The zero-order valence-corrected chi connectivity index (χ0v) is 13.4. The molecule has 1 fully saturated rings. The Morgan fingerprint density at radius 2 is 2.00 bits per heavy atom. The van der Waals surface area contributed by atoms with Gasteiger partial charge in [0, 0.05) is 17.7 Å². The number of carbonyl (C=O) groups excluding carboxylic acids is 2. The molecular formula is C19H16FN3O2. The Balaban J connectivity index is 1.59. The molecule has 4 rings (SSSR count). The quantitative estimate of drug-likeness (QED) is 0.872. The molecule has 0 atom stereocenters. The Hall–Kier alpha value is -3.02. The minimum absolute atomic E-state index is 0.151. The van der Waals surface area contributed by atoms with Crippen LogP contribution in [0.4, 0.5) is 10.1 Å². The number of nitrogens with one attached hydrogen (secondary N) is 1. The van der Waals surface area contributed by atoms with Gasteiger partial charge in [-0.25, -0.2) is 9.82 Å². The number of amides is 2. The van der Waals surface area contributed by atoms with Crippen LogP contribution in [0.5, 0.6) is 0 Å². The Morgan fingerprint density at radius 3 is 2.76 bits per heavy atom. The van der Waals surface area contributed by atoms with Gasteiger partial charge in [-0.15, -0.1) is 0 Å². The first-order valence-corrected chi connectivity index (χ1v) is 8.18. The van der Waals surface area contributed by atoms with E-state index in [9.17, 15) is 14.0 Å². The van der Waals surface area contributed by atoms with Crippen LogP contribution in [0.3, 0.4) is 0 Å². The molecule has 0 radical (unpaired) electrons. The lowest BCUT2D eigenvalue weighted by molar-refractivity contribution is -0.112. The van der Waals surface area contributed by atoms with Gasteiger partial charge in [0.2, 0.25) is 0 Å². The van der Waals surface area contributed by atoms with Gasteiger partial charge in [0.15, 0.2) is 5.71 Å². The summed E-state index contributed by atoms with van der Waals surface area (Å²) in [6.07, 6.45) is 2.27. The number of fused-ring (bicyclic) bond motifs is 1. The molecule has 126 valence electrons. The number of hydrogen-bond donors (Lipinski definition) is 1. The van der Waals surface area contributed by atoms with Crippen molar-refractivity contribution in [2.45, 2.75) is 12.8 Å². The molecule has 0 spiro atoms. The number of hydrogen-bond acceptors (Lipinski definition) is 3. The molecule has 1 saturated carbocycles. The molecule has 2 aromatic rings. The van der Waals surface area contributed by atoms with Crippen LogP contribution in [0.25, 0.3) is 0 Å². The monoisotopic (exact) mass is 337 g/mol. The molecule has 1 aliphatic carbocycles. The number of nitrogens with zero attached hydrogens (tertiary/aromatic N) is 2. The maximum Gasteiger partial charge on any atom is 0.279 e. The number of para-hydroxylation sites is 1. The van der Waals surface area contributed by atoms with Gasteiger partial charge in [0.1, 0.15) is 5.82 Å². The van der Waals surface area contributed by atoms with Crippen LogP contribution in [0.15, 0.2) is 53.6 Å². The van der Waals surface area contributed by atoms with Crippen molar-refractivity contribution in [3.05, 3.63) is 65.5 Å². The summed E-state index contributed by atoms with van der Waals surface area (Å²) in [7, 11) is 0. The highest BCUT2D eigenvalue weighted by Gasteiger charge is 2.37. The van der Waals surface area contributed by atoms with E-state index in [4.69, 9.17) is 0 Å². The molecule has 1 N–H and O–H groups in total. The molecule has 25 heavy (non-hydrogen) atoms. The van der Waals surface area contributed by atoms with Crippen molar-refractivity contribution in [1.29, 1.82) is 0 Å². The molecule has 5 nitrogen and oxygen atoms in total. The fourth-order valence-electron chi connectivity index (χ4n) is 2.91. The summed E-state index contributed by atoms with van der Waals surface area (Å²) in [4.78, 5) is 26.6. The van der Waals surface area contributed by atoms with E-state index in [1.165, 1.54) is 18.2 Å². The number of hydrazone groups is 1. The zero-order chi connectivity index (χ0) is 17.4. The fourth-order valence-corrected chi connectivity index (χ4v) is 2.91. The zero-order valence-electron chi connectivity index (χ0n) is 13.4. The second kappa shape index (κ2) is 6.12. The summed E-state index contributed by atoms with van der Waals surface area (Å²) in [5.74, 6) is -0.734. The molecule has 2 amide bonds. The summed E-state index contributed by atoms with van der Waals surface area (Å²) in [6, 6.07) is 12.7. The highest BCUT2D eigenvalue weighted by Crippen LogP contribution is 2.35. The highest BCUT2D eigenvalue weighted by molar-refractivity contribution is 6.54. The van der Waals surface area contributed by atoms with Gasteiger partial charge in [0.25, 0.3) is 11.8 Å². The fraction of sp³-hybridized carbons (Fsp3) is 0.211. The third-order valence-electron chi connectivity index (χ3n) is 4.39. The third kappa shape index (κ3) is 3.03. The maximum atomic E-state index is 13.2. The van der Waals surface area contributed by atoms with Crippen LogP contribution < -0.4 is 10.3 Å². The summed E-state index contributed by atoms with van der Waals surface area (Å²) < 4.78 is 13.2. The van der Waals surface area contributed by atoms with E-state index >= 15 is 0 Å². The molecule has 0 saturated heterocycles. The van der Waals surface area contributed by atoms with Crippen LogP contribution in [0.2, 0.25) is 0 Å². The second-order valence-corrected chi connectivity index (χ2v) is 6.29. The highest BCUT2D eigenvalue weighted by atomic mass is 19.1. The number of rotatable bonds is 4. The van der Waals surface area contributed by atoms with E-state index in [1.807, 2.05) is 24.3 Å². The Kier molecular flexibility index (Phi) is 3.80. The van der Waals surface area contributed by atoms with Crippen molar-refractivity contribution in [1.82, 2.24) is 5.43 Å². The molecule has 0 unspecified atom stereocenters. The lowest BCUT2D eigenvalue weighted by Gasteiger charge is -2.15. The van der Waals surface area contributed by atoms with Gasteiger partial charge >= 0.3 is 0 Å². The van der Waals surface area contributed by atoms with Gasteiger partial charge in [-0.3, -0.25) is 9.59 Å². The smallest absolute Gasteiger partial charge is 0.279 e. The van der Waals surface area contributed by atoms with Crippen LogP contribution in [0.1, 0.15) is 28.8 Å². The standard InChI is InChI=1S/C19H16FN3O2/c20-14-5-3-4-13(10-14)18(24)22-21-17-15-6-1-2-7-16(15)23(19(17)25)11-12-8-9-12/h1-7,10,12H,8-9,11H2,(H,22,24)/b21-17+. The number of carbonyl (C=O) groups is 2. The summed E-state index contributed by atoms with van der Waals surface area (Å²) >= 11 is 0. The predicted molar refractivity (Wildman–Crippen MR) is 91.9 cm³/mol. The molecular weight excluding hydrogens is 321 g/mol. The van der Waals surface area contributed by atoms with Crippen molar-refractivity contribution < 1.29 is 14.0 Å². The maximum absolute atomic E-state index is 13.2. The average Bonchev–Trinajstić information content (AvgIpc) is 3.40. The number of benzene rings is 2. The Bertz CT molecular complexity index is 890. The van der Waals surface area contributed by atoms with Gasteiger partial charge in [0.05, 0.1) is 5.69 Å². The van der Waals surface area contributed by atoms with Crippen LogP contribution in [-0.2, 0) is 4.79 Å². The Labute approximate surface area is 144 Å². The molecule has 6 heteroatoms. The van der Waals surface area contributed by atoms with Gasteiger partial charge in [-0.1, -0.05) is 24.3 Å². The molecule has 0 aromatic heterocycles. The first-order chi connectivity index (χ1) is 12.1. The lowest BCUT2D eigenvalue weighted by Crippen LogP contribution is -2.33. The van der Waals surface area contributed by atoms with Crippen LogP contribution in [-0.4, -0.2) is 24.1 Å². The van der Waals surface area contributed by atoms with E-state index in [1.54, 1.807) is 4.90 Å². The first-order valence-electron chi connectivity index (χ1n) is 8.18. The van der Waals surface area contributed by atoms with Crippen molar-refractivity contribution >= 4 is 23.2 Å². The second-order valence-electron chi connectivity index (χ2n) is 6.29. The van der Waals surface area contributed by atoms with Gasteiger partial charge < -0.3 is 4.90 Å².